The van der Waals surface area contributed by atoms with Crippen molar-refractivity contribution in [2.45, 2.75) is 31.5 Å². The maximum absolute atomic E-state index is 12.5. The van der Waals surface area contributed by atoms with E-state index in [1.165, 1.54) is 6.07 Å². The summed E-state index contributed by atoms with van der Waals surface area (Å²) in [5.41, 5.74) is -1.31. The van der Waals surface area contributed by atoms with Gasteiger partial charge in [-0.25, -0.2) is 0 Å². The number of hydrogen-bond acceptors (Lipinski definition) is 2. The zero-order chi connectivity index (χ0) is 12.5. The molecule has 0 saturated heterocycles. The molecule has 1 aliphatic carbocycles. The lowest BCUT2D eigenvalue weighted by atomic mass is 9.96. The number of rotatable bonds is 2. The van der Waals surface area contributed by atoms with Crippen molar-refractivity contribution in [3.63, 3.8) is 0 Å². The van der Waals surface area contributed by atoms with Crippen LogP contribution in [-0.4, -0.2) is 6.10 Å². The van der Waals surface area contributed by atoms with Crippen LogP contribution < -0.4 is 4.74 Å². The molecule has 90 valence electrons. The van der Waals surface area contributed by atoms with E-state index in [2.05, 4.69) is 0 Å². The molecule has 0 amide bonds. The van der Waals surface area contributed by atoms with E-state index in [4.69, 9.17) is 10.00 Å². The molecule has 2 nitrogen and oxygen atoms in total. The molecule has 0 N–H and O–H groups in total. The van der Waals surface area contributed by atoms with Crippen molar-refractivity contribution < 1.29 is 17.9 Å². The Balaban J connectivity index is 2.25. The average Bonchev–Trinajstić information content (AvgIpc) is 2.21. The van der Waals surface area contributed by atoms with Crippen LogP contribution in [0.15, 0.2) is 18.2 Å². The van der Waals surface area contributed by atoms with Gasteiger partial charge in [-0.1, -0.05) is 0 Å². The fraction of sp³-hybridized carbons (Fsp3) is 0.417. The molecule has 17 heavy (non-hydrogen) atoms. The van der Waals surface area contributed by atoms with E-state index < -0.39 is 17.3 Å². The van der Waals surface area contributed by atoms with Crippen molar-refractivity contribution in [3.8, 4) is 11.8 Å². The van der Waals surface area contributed by atoms with Crippen LogP contribution in [0.5, 0.6) is 5.75 Å². The Morgan fingerprint density at radius 3 is 2.47 bits per heavy atom. The minimum absolute atomic E-state index is 0.0817. The fourth-order valence-corrected chi connectivity index (χ4v) is 1.62. The van der Waals surface area contributed by atoms with E-state index in [1.54, 1.807) is 6.07 Å². The third-order valence-electron chi connectivity index (χ3n) is 2.77. The van der Waals surface area contributed by atoms with Crippen molar-refractivity contribution in [3.05, 3.63) is 29.3 Å². The van der Waals surface area contributed by atoms with E-state index >= 15 is 0 Å². The molecule has 0 heterocycles. The smallest absolute Gasteiger partial charge is 0.417 e. The quantitative estimate of drug-likeness (QED) is 0.793. The Bertz CT molecular complexity index is 458. The highest BCUT2D eigenvalue weighted by molar-refractivity contribution is 5.44. The Morgan fingerprint density at radius 1 is 1.29 bits per heavy atom. The van der Waals surface area contributed by atoms with Gasteiger partial charge in [-0.3, -0.25) is 0 Å². The molecular formula is C12H10F3NO. The standard InChI is InChI=1S/C12H10F3NO/c13-12(14,15)11-5-4-10(6-8(11)7-16)17-9-2-1-3-9/h4-6,9H,1-3H2. The van der Waals surface area contributed by atoms with Crippen molar-refractivity contribution in [2.24, 2.45) is 0 Å². The fourth-order valence-electron chi connectivity index (χ4n) is 1.62. The molecule has 1 aromatic carbocycles. The van der Waals surface area contributed by atoms with Gasteiger partial charge in [0.2, 0.25) is 0 Å². The first kappa shape index (κ1) is 11.8. The molecular weight excluding hydrogens is 231 g/mol. The summed E-state index contributed by atoms with van der Waals surface area (Å²) in [5.74, 6) is 0.333. The number of hydrogen-bond donors (Lipinski definition) is 0. The van der Waals surface area contributed by atoms with E-state index in [0.717, 1.165) is 31.4 Å². The number of benzene rings is 1. The van der Waals surface area contributed by atoms with E-state index in [-0.39, 0.29) is 6.10 Å². The predicted molar refractivity (Wildman–Crippen MR) is 54.4 cm³/mol. The summed E-state index contributed by atoms with van der Waals surface area (Å²) < 4.78 is 43.0. The third-order valence-corrected chi connectivity index (χ3v) is 2.77. The highest BCUT2D eigenvalue weighted by Crippen LogP contribution is 2.34. The number of nitrogens with zero attached hydrogens (tertiary/aromatic N) is 1. The zero-order valence-electron chi connectivity index (χ0n) is 8.92. The molecule has 0 bridgehead atoms. The lowest BCUT2D eigenvalue weighted by molar-refractivity contribution is -0.137. The molecule has 1 aromatic rings. The Labute approximate surface area is 96.6 Å². The lowest BCUT2D eigenvalue weighted by Crippen LogP contribution is -2.24. The van der Waals surface area contributed by atoms with Gasteiger partial charge in [0.25, 0.3) is 0 Å². The summed E-state index contributed by atoms with van der Waals surface area (Å²) >= 11 is 0. The molecule has 0 aromatic heterocycles. The summed E-state index contributed by atoms with van der Waals surface area (Å²) in [5, 5.41) is 8.71. The van der Waals surface area contributed by atoms with Crippen LogP contribution >= 0.6 is 0 Å². The van der Waals surface area contributed by atoms with Gasteiger partial charge in [0, 0.05) is 0 Å². The topological polar surface area (TPSA) is 33.0 Å². The van der Waals surface area contributed by atoms with Crippen LogP contribution in [0.2, 0.25) is 0 Å². The highest BCUT2D eigenvalue weighted by Gasteiger charge is 2.33. The van der Waals surface area contributed by atoms with Crippen LogP contribution in [0.25, 0.3) is 0 Å². The highest BCUT2D eigenvalue weighted by atomic mass is 19.4. The molecule has 1 saturated carbocycles. The van der Waals surface area contributed by atoms with Gasteiger partial charge in [-0.05, 0) is 37.5 Å². The van der Waals surface area contributed by atoms with E-state index in [9.17, 15) is 13.2 Å². The van der Waals surface area contributed by atoms with Gasteiger partial charge in [0.05, 0.1) is 23.3 Å². The SMILES string of the molecule is N#Cc1cc(OC2CCC2)ccc1C(F)(F)F. The largest absolute Gasteiger partial charge is 0.490 e. The molecule has 5 heteroatoms. The van der Waals surface area contributed by atoms with Gasteiger partial charge in [-0.15, -0.1) is 0 Å². The molecule has 0 radical (unpaired) electrons. The Morgan fingerprint density at radius 2 is 2.00 bits per heavy atom. The zero-order valence-corrected chi connectivity index (χ0v) is 8.92. The van der Waals surface area contributed by atoms with Crippen molar-refractivity contribution >= 4 is 0 Å². The molecule has 0 atom stereocenters. The summed E-state index contributed by atoms with van der Waals surface area (Å²) in [6.07, 6.45) is -1.50. The summed E-state index contributed by atoms with van der Waals surface area (Å²) in [6.45, 7) is 0. The summed E-state index contributed by atoms with van der Waals surface area (Å²) in [4.78, 5) is 0. The lowest BCUT2D eigenvalue weighted by Gasteiger charge is -2.26. The second-order valence-electron chi connectivity index (χ2n) is 3.99. The normalized spacial score (nSPS) is 16.1. The predicted octanol–water partition coefficient (Wildman–Crippen LogP) is 3.51. The van der Waals surface area contributed by atoms with Gasteiger partial charge in [0.1, 0.15) is 5.75 Å². The van der Waals surface area contributed by atoms with Gasteiger partial charge in [0.15, 0.2) is 0 Å². The third kappa shape index (κ3) is 2.52. The van der Waals surface area contributed by atoms with Crippen LogP contribution in [0.1, 0.15) is 30.4 Å². The first-order valence-electron chi connectivity index (χ1n) is 5.28. The number of ether oxygens (including phenoxy) is 1. The monoisotopic (exact) mass is 241 g/mol. The van der Waals surface area contributed by atoms with E-state index in [0.29, 0.717) is 5.75 Å². The minimum Gasteiger partial charge on any atom is -0.490 e. The molecule has 0 aliphatic heterocycles. The molecule has 0 spiro atoms. The average molecular weight is 241 g/mol. The molecule has 0 unspecified atom stereocenters. The second-order valence-corrected chi connectivity index (χ2v) is 3.99. The molecule has 1 fully saturated rings. The number of nitriles is 1. The van der Waals surface area contributed by atoms with Crippen LogP contribution in [0.3, 0.4) is 0 Å². The summed E-state index contributed by atoms with van der Waals surface area (Å²) in [6, 6.07) is 4.87. The van der Waals surface area contributed by atoms with Gasteiger partial charge < -0.3 is 4.74 Å². The van der Waals surface area contributed by atoms with E-state index in [1.807, 2.05) is 0 Å². The molecule has 1 aliphatic rings. The maximum atomic E-state index is 12.5. The number of halogens is 3. The maximum Gasteiger partial charge on any atom is 0.417 e. The van der Waals surface area contributed by atoms with Gasteiger partial charge >= 0.3 is 6.18 Å². The molecule has 2 rings (SSSR count). The van der Waals surface area contributed by atoms with Crippen molar-refractivity contribution in [1.29, 1.82) is 5.26 Å². The first-order chi connectivity index (χ1) is 8.00. The van der Waals surface area contributed by atoms with Crippen LogP contribution in [0.4, 0.5) is 13.2 Å². The van der Waals surface area contributed by atoms with Crippen LogP contribution in [-0.2, 0) is 6.18 Å². The van der Waals surface area contributed by atoms with Gasteiger partial charge in [-0.2, -0.15) is 18.4 Å². The Kier molecular flexibility index (Phi) is 2.97. The van der Waals surface area contributed by atoms with Crippen LogP contribution in [0, 0.1) is 11.3 Å². The minimum atomic E-state index is -4.50. The number of alkyl halides is 3. The van der Waals surface area contributed by atoms with Crippen molar-refractivity contribution in [1.82, 2.24) is 0 Å². The Hall–Kier alpha value is -1.70. The van der Waals surface area contributed by atoms with Crippen molar-refractivity contribution in [2.75, 3.05) is 0 Å². The first-order valence-corrected chi connectivity index (χ1v) is 5.28. The summed E-state index contributed by atoms with van der Waals surface area (Å²) in [7, 11) is 0. The second kappa shape index (κ2) is 4.28.